The zero-order chi connectivity index (χ0) is 10.9. The van der Waals surface area contributed by atoms with E-state index in [9.17, 15) is 0 Å². The Morgan fingerprint density at radius 1 is 1.08 bits per heavy atom. The lowest BCUT2D eigenvalue weighted by atomic mass is 10.4. The zero-order valence-electron chi connectivity index (χ0n) is 9.86. The van der Waals surface area contributed by atoms with E-state index in [1.54, 1.807) is 0 Å². The predicted octanol–water partition coefficient (Wildman–Crippen LogP) is 3.00. The highest BCUT2D eigenvalue weighted by Crippen LogP contribution is 2.27. The quantitative estimate of drug-likeness (QED) is 0.678. The van der Waals surface area contributed by atoms with Crippen LogP contribution in [-0.2, 0) is 4.43 Å². The van der Waals surface area contributed by atoms with Crippen LogP contribution in [0.4, 0.5) is 0 Å². The minimum Gasteiger partial charge on any atom is -0.403 e. The Balaban J connectivity index is 4.81. The van der Waals surface area contributed by atoms with Crippen molar-refractivity contribution in [1.29, 1.82) is 5.26 Å². The first-order valence-electron chi connectivity index (χ1n) is 4.63. The molecule has 0 aromatic carbocycles. The Labute approximate surface area is 84.1 Å². The topological polar surface area (TPSA) is 33.0 Å². The molecule has 0 aliphatic carbocycles. The molecule has 0 saturated heterocycles. The fourth-order valence-electron chi connectivity index (χ4n) is 0.956. The third-order valence-corrected chi connectivity index (χ3v) is 6.46. The van der Waals surface area contributed by atoms with Crippen LogP contribution in [0.3, 0.4) is 0 Å². The summed E-state index contributed by atoms with van der Waals surface area (Å²) in [5, 5.41) is 8.64. The molecule has 0 radical (unpaired) electrons. The number of hydrogen-bond donors (Lipinski definition) is 0. The van der Waals surface area contributed by atoms with Crippen molar-refractivity contribution in [2.75, 3.05) is 0 Å². The summed E-state index contributed by atoms with van der Waals surface area (Å²) in [6.07, 6.45) is 0. The van der Waals surface area contributed by atoms with Crippen LogP contribution in [0.2, 0.25) is 39.3 Å². The summed E-state index contributed by atoms with van der Waals surface area (Å²) in [4.78, 5) is 0. The smallest absolute Gasteiger partial charge is 0.185 e. The van der Waals surface area contributed by atoms with Crippen LogP contribution < -0.4 is 0 Å². The number of rotatable bonds is 3. The van der Waals surface area contributed by atoms with Crippen molar-refractivity contribution >= 4 is 16.4 Å². The molecule has 2 nitrogen and oxygen atoms in total. The van der Waals surface area contributed by atoms with E-state index < -0.39 is 21.6 Å². The van der Waals surface area contributed by atoms with Gasteiger partial charge in [0.1, 0.15) is 5.22 Å². The van der Waals surface area contributed by atoms with E-state index in [0.29, 0.717) is 0 Å². The summed E-state index contributed by atoms with van der Waals surface area (Å²) in [5.74, 6) is 0. The van der Waals surface area contributed by atoms with Crippen molar-refractivity contribution in [1.82, 2.24) is 0 Å². The van der Waals surface area contributed by atoms with Crippen LogP contribution in [0.15, 0.2) is 0 Å². The van der Waals surface area contributed by atoms with Crippen LogP contribution in [0.25, 0.3) is 0 Å². The molecule has 0 unspecified atom stereocenters. The lowest BCUT2D eigenvalue weighted by Gasteiger charge is -2.39. The number of nitrogens with zero attached hydrogens (tertiary/aromatic N) is 1. The van der Waals surface area contributed by atoms with Crippen molar-refractivity contribution < 1.29 is 4.43 Å². The van der Waals surface area contributed by atoms with Gasteiger partial charge in [0.2, 0.25) is 0 Å². The van der Waals surface area contributed by atoms with Crippen molar-refractivity contribution in [3.05, 3.63) is 0 Å². The van der Waals surface area contributed by atoms with Crippen molar-refractivity contribution in [2.24, 2.45) is 0 Å². The Bertz CT molecular complexity index is 221. The van der Waals surface area contributed by atoms with Gasteiger partial charge in [0.25, 0.3) is 0 Å². The minimum absolute atomic E-state index is 0.530. The first kappa shape index (κ1) is 12.9. The summed E-state index contributed by atoms with van der Waals surface area (Å²) in [5.41, 5.74) is 0. The van der Waals surface area contributed by atoms with Gasteiger partial charge in [-0.15, -0.1) is 0 Å². The first-order valence-corrected chi connectivity index (χ1v) is 11.5. The van der Waals surface area contributed by atoms with Gasteiger partial charge in [0.05, 0.1) is 14.1 Å². The largest absolute Gasteiger partial charge is 0.403 e. The van der Waals surface area contributed by atoms with E-state index in [1.165, 1.54) is 0 Å². The summed E-state index contributed by atoms with van der Waals surface area (Å²) in [7, 11) is -3.18. The number of hydrogen-bond acceptors (Lipinski definition) is 2. The summed E-state index contributed by atoms with van der Waals surface area (Å²) >= 11 is 0. The highest BCUT2D eigenvalue weighted by atomic mass is 28.4. The van der Waals surface area contributed by atoms with E-state index in [1.807, 2.05) is 6.92 Å². The molecule has 76 valence electrons. The minimum atomic E-state index is -1.61. The standard InChI is InChI=1S/C9H21NOSi2/c1-9(8-10,12(2,3)4)11-13(5,6)7/h1-7H3/t9-/m1/s1. The molecule has 0 aliphatic heterocycles. The fraction of sp³-hybridized carbons (Fsp3) is 0.889. The average Bonchev–Trinajstić information content (AvgIpc) is 1.81. The van der Waals surface area contributed by atoms with Crippen molar-refractivity contribution in [2.45, 2.75) is 51.4 Å². The Kier molecular flexibility index (Phi) is 3.53. The van der Waals surface area contributed by atoms with E-state index in [-0.39, 0.29) is 0 Å². The van der Waals surface area contributed by atoms with Gasteiger partial charge in [0.15, 0.2) is 8.32 Å². The third-order valence-electron chi connectivity index (χ3n) is 2.15. The molecule has 0 spiro atoms. The summed E-state index contributed by atoms with van der Waals surface area (Å²) < 4.78 is 5.98. The molecule has 1 atom stereocenters. The Morgan fingerprint density at radius 3 is 1.54 bits per heavy atom. The maximum atomic E-state index is 9.17. The normalized spacial score (nSPS) is 17.7. The fourth-order valence-corrected chi connectivity index (χ4v) is 4.71. The van der Waals surface area contributed by atoms with E-state index >= 15 is 0 Å². The Hall–Kier alpha value is -0.116. The van der Waals surface area contributed by atoms with Crippen LogP contribution in [0.5, 0.6) is 0 Å². The SMILES string of the molecule is C[C@@](C#N)(O[Si](C)(C)C)[Si](C)(C)C. The van der Waals surface area contributed by atoms with Crippen molar-refractivity contribution in [3.8, 4) is 6.07 Å². The van der Waals surface area contributed by atoms with Gasteiger partial charge in [-0.25, -0.2) is 0 Å². The molecule has 0 heterocycles. The second kappa shape index (κ2) is 3.56. The average molecular weight is 215 g/mol. The van der Waals surface area contributed by atoms with Crippen molar-refractivity contribution in [3.63, 3.8) is 0 Å². The van der Waals surface area contributed by atoms with Gasteiger partial charge in [-0.3, -0.25) is 0 Å². The first-order chi connectivity index (χ1) is 5.52. The maximum absolute atomic E-state index is 9.17. The number of nitriles is 1. The van der Waals surface area contributed by atoms with Crippen LogP contribution in [0, 0.1) is 11.3 Å². The molecule has 0 rings (SSSR count). The van der Waals surface area contributed by atoms with E-state index in [4.69, 9.17) is 9.69 Å². The molecule has 0 aromatic heterocycles. The molecule has 4 heteroatoms. The second-order valence-electron chi connectivity index (χ2n) is 5.61. The van der Waals surface area contributed by atoms with Gasteiger partial charge in [-0.05, 0) is 26.6 Å². The zero-order valence-corrected chi connectivity index (χ0v) is 11.9. The second-order valence-corrected chi connectivity index (χ2v) is 15.5. The molecule has 0 aliphatic rings. The predicted molar refractivity (Wildman–Crippen MR) is 61.8 cm³/mol. The van der Waals surface area contributed by atoms with Crippen LogP contribution in [0.1, 0.15) is 6.92 Å². The molecule has 13 heavy (non-hydrogen) atoms. The monoisotopic (exact) mass is 215 g/mol. The van der Waals surface area contributed by atoms with Gasteiger partial charge < -0.3 is 4.43 Å². The van der Waals surface area contributed by atoms with E-state index in [2.05, 4.69) is 45.4 Å². The lowest BCUT2D eigenvalue weighted by Crippen LogP contribution is -2.55. The van der Waals surface area contributed by atoms with Crippen LogP contribution in [-0.4, -0.2) is 21.6 Å². The molecule has 0 N–H and O–H groups in total. The highest BCUT2D eigenvalue weighted by molar-refractivity contribution is 6.81. The van der Waals surface area contributed by atoms with Gasteiger partial charge in [-0.2, -0.15) is 5.26 Å². The summed E-state index contributed by atoms with van der Waals surface area (Å²) in [6, 6.07) is 2.35. The molecule has 0 amide bonds. The molecular weight excluding hydrogens is 194 g/mol. The molecular formula is C9H21NOSi2. The van der Waals surface area contributed by atoms with Gasteiger partial charge in [-0.1, -0.05) is 19.6 Å². The highest BCUT2D eigenvalue weighted by Gasteiger charge is 2.43. The van der Waals surface area contributed by atoms with E-state index in [0.717, 1.165) is 0 Å². The van der Waals surface area contributed by atoms with Gasteiger partial charge >= 0.3 is 0 Å². The van der Waals surface area contributed by atoms with Gasteiger partial charge in [0, 0.05) is 0 Å². The molecule has 0 bridgehead atoms. The maximum Gasteiger partial charge on any atom is 0.185 e. The van der Waals surface area contributed by atoms with Crippen LogP contribution >= 0.6 is 0 Å². The molecule has 0 saturated carbocycles. The lowest BCUT2D eigenvalue weighted by molar-refractivity contribution is 0.214. The molecule has 0 fully saturated rings. The molecule has 0 aromatic rings. The summed E-state index contributed by atoms with van der Waals surface area (Å²) in [6.45, 7) is 14.9. The Morgan fingerprint density at radius 2 is 1.46 bits per heavy atom. The third kappa shape index (κ3) is 3.63.